The maximum absolute atomic E-state index is 12.7. The van der Waals surface area contributed by atoms with Gasteiger partial charge in [-0.2, -0.15) is 0 Å². The van der Waals surface area contributed by atoms with Crippen molar-refractivity contribution in [1.82, 2.24) is 0 Å². The molecule has 0 amide bonds. The minimum atomic E-state index is -0.307. The van der Waals surface area contributed by atoms with Gasteiger partial charge < -0.3 is 10.2 Å². The second kappa shape index (κ2) is 5.28. The second-order valence-electron chi connectivity index (χ2n) is 9.25. The van der Waals surface area contributed by atoms with Gasteiger partial charge in [0.1, 0.15) is 0 Å². The molecular formula is C19H29BrO3. The molecule has 0 aromatic carbocycles. The van der Waals surface area contributed by atoms with E-state index in [1.54, 1.807) is 0 Å². The van der Waals surface area contributed by atoms with Crippen LogP contribution in [0, 0.1) is 34.5 Å². The zero-order valence-electron chi connectivity index (χ0n) is 14.2. The van der Waals surface area contributed by atoms with Crippen molar-refractivity contribution in [2.45, 2.75) is 75.8 Å². The van der Waals surface area contributed by atoms with Gasteiger partial charge in [0.25, 0.3) is 0 Å². The largest absolute Gasteiger partial charge is 0.393 e. The molecule has 0 aromatic heterocycles. The minimum Gasteiger partial charge on any atom is -0.393 e. The summed E-state index contributed by atoms with van der Waals surface area (Å²) in [6, 6.07) is 0. The molecule has 0 unspecified atom stereocenters. The van der Waals surface area contributed by atoms with Gasteiger partial charge in [0.2, 0.25) is 0 Å². The Morgan fingerprint density at radius 3 is 2.52 bits per heavy atom. The fourth-order valence-corrected chi connectivity index (χ4v) is 7.88. The molecule has 4 aliphatic rings. The van der Waals surface area contributed by atoms with Crippen molar-refractivity contribution in [3.8, 4) is 0 Å². The quantitative estimate of drug-likeness (QED) is 0.629. The third-order valence-corrected chi connectivity index (χ3v) is 9.14. The van der Waals surface area contributed by atoms with Crippen LogP contribution in [-0.2, 0) is 4.79 Å². The highest BCUT2D eigenvalue weighted by Gasteiger charge is 2.64. The summed E-state index contributed by atoms with van der Waals surface area (Å²) in [4.78, 5) is 12.7. The standard InChI is InChI=1S/C19H29BrO3/c1-18-5-3-11(21)7-10(18)8-15(22)16-12(18)4-6-19(2)13(16)9-14(20)17(19)23/h10-16,21-22H,3-9H2,1-2H3/t10-,11+,12+,13+,14-,15+,16-,18+,19+/m1/s1. The number of alkyl halides is 1. The average Bonchev–Trinajstić information content (AvgIpc) is 2.73. The van der Waals surface area contributed by atoms with Gasteiger partial charge in [-0.05, 0) is 74.0 Å². The van der Waals surface area contributed by atoms with Crippen molar-refractivity contribution in [2.75, 3.05) is 0 Å². The van der Waals surface area contributed by atoms with Crippen molar-refractivity contribution < 1.29 is 15.0 Å². The van der Waals surface area contributed by atoms with E-state index in [9.17, 15) is 15.0 Å². The summed E-state index contributed by atoms with van der Waals surface area (Å²) in [5.41, 5.74) is -0.00834. The zero-order valence-corrected chi connectivity index (χ0v) is 15.8. The number of fused-ring (bicyclic) bond motifs is 5. The van der Waals surface area contributed by atoms with Crippen molar-refractivity contribution in [3.63, 3.8) is 0 Å². The number of carbonyl (C=O) groups is 1. The second-order valence-corrected chi connectivity index (χ2v) is 10.4. The molecule has 4 saturated carbocycles. The minimum absolute atomic E-state index is 0.0258. The number of hydrogen-bond acceptors (Lipinski definition) is 3. The van der Waals surface area contributed by atoms with Crippen molar-refractivity contribution in [3.05, 3.63) is 0 Å². The smallest absolute Gasteiger partial charge is 0.152 e. The van der Waals surface area contributed by atoms with Crippen LogP contribution < -0.4 is 0 Å². The molecule has 4 aliphatic carbocycles. The predicted molar refractivity (Wildman–Crippen MR) is 92.2 cm³/mol. The van der Waals surface area contributed by atoms with E-state index in [4.69, 9.17) is 0 Å². The van der Waals surface area contributed by atoms with Crippen LogP contribution in [0.3, 0.4) is 0 Å². The molecule has 4 rings (SSSR count). The van der Waals surface area contributed by atoms with Crippen LogP contribution in [0.2, 0.25) is 0 Å². The third-order valence-electron chi connectivity index (χ3n) is 8.35. The third kappa shape index (κ3) is 2.17. The lowest BCUT2D eigenvalue weighted by Gasteiger charge is -2.61. The van der Waals surface area contributed by atoms with E-state index in [1.165, 1.54) is 0 Å². The number of aliphatic hydroxyl groups excluding tert-OH is 2. The van der Waals surface area contributed by atoms with E-state index >= 15 is 0 Å². The molecule has 2 N–H and O–H groups in total. The normalized spacial score (nSPS) is 59.2. The molecule has 9 atom stereocenters. The van der Waals surface area contributed by atoms with Crippen molar-refractivity contribution in [2.24, 2.45) is 34.5 Å². The Morgan fingerprint density at radius 2 is 1.78 bits per heavy atom. The summed E-state index contributed by atoms with van der Waals surface area (Å²) in [5, 5.41) is 21.0. The van der Waals surface area contributed by atoms with Crippen LogP contribution in [0.15, 0.2) is 0 Å². The average molecular weight is 385 g/mol. The first-order valence-corrected chi connectivity index (χ1v) is 10.2. The summed E-state index contributed by atoms with van der Waals surface area (Å²) in [6.45, 7) is 4.54. The van der Waals surface area contributed by atoms with Gasteiger partial charge in [0, 0.05) is 5.41 Å². The molecule has 4 fully saturated rings. The van der Waals surface area contributed by atoms with Crippen LogP contribution in [-0.4, -0.2) is 33.0 Å². The molecule has 130 valence electrons. The number of carbonyl (C=O) groups excluding carboxylic acids is 1. The molecule has 0 aliphatic heterocycles. The first-order valence-electron chi connectivity index (χ1n) is 9.32. The number of ketones is 1. The fraction of sp³-hybridized carbons (Fsp3) is 0.947. The Kier molecular flexibility index (Phi) is 3.80. The first-order chi connectivity index (χ1) is 10.8. The van der Waals surface area contributed by atoms with E-state index in [0.29, 0.717) is 23.5 Å². The zero-order chi connectivity index (χ0) is 16.6. The highest BCUT2D eigenvalue weighted by atomic mass is 79.9. The maximum atomic E-state index is 12.7. The Labute approximate surface area is 147 Å². The Morgan fingerprint density at radius 1 is 1.04 bits per heavy atom. The summed E-state index contributed by atoms with van der Waals surface area (Å²) < 4.78 is 0. The van der Waals surface area contributed by atoms with Gasteiger partial charge in [-0.1, -0.05) is 29.8 Å². The van der Waals surface area contributed by atoms with E-state index in [-0.39, 0.29) is 33.8 Å². The van der Waals surface area contributed by atoms with E-state index in [2.05, 4.69) is 29.8 Å². The van der Waals surface area contributed by atoms with Crippen molar-refractivity contribution in [1.29, 1.82) is 0 Å². The van der Waals surface area contributed by atoms with Crippen LogP contribution in [0.5, 0.6) is 0 Å². The van der Waals surface area contributed by atoms with E-state index in [1.807, 2.05) is 0 Å². The fourth-order valence-electron chi connectivity index (χ4n) is 6.95. The van der Waals surface area contributed by atoms with Gasteiger partial charge in [-0.25, -0.2) is 0 Å². The Bertz CT molecular complexity index is 523. The molecular weight excluding hydrogens is 356 g/mol. The predicted octanol–water partition coefficient (Wildman–Crippen LogP) is 3.30. The lowest BCUT2D eigenvalue weighted by atomic mass is 9.44. The number of aliphatic hydroxyl groups is 2. The number of rotatable bonds is 0. The highest BCUT2D eigenvalue weighted by Crippen LogP contribution is 2.65. The van der Waals surface area contributed by atoms with Gasteiger partial charge in [-0.3, -0.25) is 4.79 Å². The van der Waals surface area contributed by atoms with E-state index in [0.717, 1.165) is 44.9 Å². The van der Waals surface area contributed by atoms with Crippen LogP contribution in [0.25, 0.3) is 0 Å². The molecule has 4 heteroatoms. The Hall–Kier alpha value is 0.0700. The molecule has 0 spiro atoms. The van der Waals surface area contributed by atoms with Crippen LogP contribution >= 0.6 is 15.9 Å². The van der Waals surface area contributed by atoms with Crippen LogP contribution in [0.1, 0.15) is 58.8 Å². The molecule has 0 radical (unpaired) electrons. The Balaban J connectivity index is 1.69. The number of hydrogen-bond donors (Lipinski definition) is 2. The molecule has 23 heavy (non-hydrogen) atoms. The lowest BCUT2D eigenvalue weighted by molar-refractivity contribution is -0.171. The lowest BCUT2D eigenvalue weighted by Crippen LogP contribution is -2.58. The van der Waals surface area contributed by atoms with Crippen LogP contribution in [0.4, 0.5) is 0 Å². The van der Waals surface area contributed by atoms with Gasteiger partial charge >= 0.3 is 0 Å². The monoisotopic (exact) mass is 384 g/mol. The summed E-state index contributed by atoms with van der Waals surface area (Å²) in [7, 11) is 0. The molecule has 0 aromatic rings. The summed E-state index contributed by atoms with van der Waals surface area (Å²) in [5.74, 6) is 1.88. The highest BCUT2D eigenvalue weighted by molar-refractivity contribution is 9.10. The molecule has 0 saturated heterocycles. The first kappa shape index (κ1) is 16.5. The van der Waals surface area contributed by atoms with Gasteiger partial charge in [0.05, 0.1) is 17.0 Å². The van der Waals surface area contributed by atoms with Gasteiger partial charge in [0.15, 0.2) is 5.78 Å². The summed E-state index contributed by atoms with van der Waals surface area (Å²) in [6.07, 6.45) is 6.04. The molecule has 0 heterocycles. The van der Waals surface area contributed by atoms with Gasteiger partial charge in [-0.15, -0.1) is 0 Å². The number of halogens is 1. The van der Waals surface area contributed by atoms with E-state index < -0.39 is 0 Å². The number of Topliss-reactive ketones (excluding diaryl/α,β-unsaturated/α-hetero) is 1. The summed E-state index contributed by atoms with van der Waals surface area (Å²) >= 11 is 3.59. The maximum Gasteiger partial charge on any atom is 0.152 e. The van der Waals surface area contributed by atoms with Crippen molar-refractivity contribution >= 4 is 21.7 Å². The SMILES string of the molecule is C[C@]12CC[C@H](O)C[C@@H]1C[C@H](O)[C@@H]1[C@@H]2CC[C@]2(C)C(=O)[C@H](Br)C[C@@H]12. The molecule has 0 bridgehead atoms. The molecule has 3 nitrogen and oxygen atoms in total. The topological polar surface area (TPSA) is 57.5 Å².